The van der Waals surface area contributed by atoms with Gasteiger partial charge in [0.25, 0.3) is 0 Å². The summed E-state index contributed by atoms with van der Waals surface area (Å²) >= 11 is 0. The molecule has 0 aromatic carbocycles. The summed E-state index contributed by atoms with van der Waals surface area (Å²) in [6.45, 7) is 4.30. The molecule has 13 heteroatoms. The Balaban J connectivity index is -0.000000767. The summed E-state index contributed by atoms with van der Waals surface area (Å²) in [6, 6.07) is 0. The molecule has 0 saturated heterocycles. The van der Waals surface area contributed by atoms with Crippen molar-refractivity contribution in [3.63, 3.8) is 0 Å². The van der Waals surface area contributed by atoms with E-state index in [0.29, 0.717) is 0 Å². The van der Waals surface area contributed by atoms with Crippen LogP contribution in [-0.2, 0) is 29.8 Å². The van der Waals surface area contributed by atoms with E-state index < -0.39 is 31.7 Å². The van der Waals surface area contributed by atoms with E-state index in [1.807, 2.05) is 12.2 Å². The van der Waals surface area contributed by atoms with Gasteiger partial charge in [-0.2, -0.15) is 0 Å². The van der Waals surface area contributed by atoms with E-state index in [1.165, 1.54) is 126 Å². The molecule has 0 aromatic heterocycles. The molecule has 0 rings (SSSR count). The van der Waals surface area contributed by atoms with Gasteiger partial charge in [-0.25, -0.2) is 16.8 Å². The quantitative estimate of drug-likeness (QED) is 0.0476. The average Bonchev–Trinajstić information content (AvgIpc) is 2.95. The Morgan fingerprint density at radius 1 is 0.533 bits per heavy atom. The number of nitrogens with zero attached hydrogens (tertiary/aromatic N) is 2. The van der Waals surface area contributed by atoms with Crippen LogP contribution < -0.4 is 0 Å². The Bertz CT molecular complexity index is 923. The Morgan fingerprint density at radius 3 is 1.07 bits per heavy atom. The topological polar surface area (TPSA) is 155 Å². The van der Waals surface area contributed by atoms with E-state index in [9.17, 15) is 35.5 Å². The minimum absolute atomic E-state index is 0. The second-order valence-electron chi connectivity index (χ2n) is 11.4. The number of hydrogen-bond acceptors (Lipinski definition) is 8. The van der Waals surface area contributed by atoms with Crippen LogP contribution in [0.15, 0.2) is 24.3 Å². The number of carbonyl (C=O) groups is 2. The molecule has 0 aliphatic heterocycles. The summed E-state index contributed by atoms with van der Waals surface area (Å²) in [7, 11) is -5.54. The van der Waals surface area contributed by atoms with Crippen LogP contribution >= 0.6 is 0 Å². The van der Waals surface area contributed by atoms with Crippen LogP contribution in [0.3, 0.4) is 0 Å². The van der Waals surface area contributed by atoms with Gasteiger partial charge in [-0.05, 0) is 37.8 Å². The van der Waals surface area contributed by atoms with Crippen molar-refractivity contribution in [2.45, 2.75) is 129 Å². The number of unbranched alkanes of at least 4 members (excludes halogenated alkanes) is 16. The molecule has 45 heavy (non-hydrogen) atoms. The van der Waals surface area contributed by atoms with Crippen molar-refractivity contribution < 1.29 is 35.5 Å². The Hall–Kier alpha value is -0.500. The smallest absolute Gasteiger partial charge is 0.748 e. The Kier molecular flexibility index (Phi) is 34.8. The first kappa shape index (κ1) is 48.9. The molecule has 0 fully saturated rings. The fourth-order valence-corrected chi connectivity index (χ4v) is 5.13. The van der Waals surface area contributed by atoms with E-state index in [1.54, 1.807) is 0 Å². The molecule has 0 radical (unpaired) electrons. The zero-order chi connectivity index (χ0) is 33.7. The van der Waals surface area contributed by atoms with Crippen molar-refractivity contribution in [1.29, 1.82) is 0 Å². The van der Waals surface area contributed by atoms with Crippen LogP contribution in [0, 0.1) is 0 Å². The zero-order valence-corrected chi connectivity index (χ0v) is 32.4. The summed E-state index contributed by atoms with van der Waals surface area (Å²) < 4.78 is 62.9. The number of carbonyl (C=O) groups excluding carboxylic acids is 2. The van der Waals surface area contributed by atoms with E-state index in [-0.39, 0.29) is 62.6 Å². The molecule has 0 bridgehead atoms. The van der Waals surface area contributed by atoms with Crippen molar-refractivity contribution in [2.75, 3.05) is 38.7 Å². The van der Waals surface area contributed by atoms with Crippen LogP contribution in [0.25, 0.3) is 0 Å². The van der Waals surface area contributed by atoms with E-state index in [2.05, 4.69) is 13.8 Å². The van der Waals surface area contributed by atoms with Gasteiger partial charge in [-0.1, -0.05) is 116 Å². The second-order valence-corrected chi connectivity index (χ2v) is 14.4. The zero-order valence-electron chi connectivity index (χ0n) is 28.5. The third kappa shape index (κ3) is 39.6. The summed E-state index contributed by atoms with van der Waals surface area (Å²) in [4.78, 5) is 25.8. The molecular weight excluding hydrogens is 645 g/mol. The molecule has 10 nitrogen and oxygen atoms in total. The largest absolute Gasteiger partial charge is 2.00 e. The van der Waals surface area contributed by atoms with Crippen molar-refractivity contribution in [1.82, 2.24) is 9.80 Å². The van der Waals surface area contributed by atoms with Crippen LogP contribution in [0.1, 0.15) is 129 Å². The summed E-state index contributed by atoms with van der Waals surface area (Å²) in [5, 5.41) is 0. The average molecular weight is 705 g/mol. The van der Waals surface area contributed by atoms with Crippen molar-refractivity contribution in [2.24, 2.45) is 0 Å². The third-order valence-corrected chi connectivity index (χ3v) is 8.44. The van der Waals surface area contributed by atoms with Gasteiger partial charge in [0.05, 0.1) is 31.7 Å². The predicted octanol–water partition coefficient (Wildman–Crippen LogP) is 5.77. The maximum absolute atomic E-state index is 11.6. The van der Waals surface area contributed by atoms with Crippen LogP contribution in [0.5, 0.6) is 0 Å². The number of likely N-dealkylation sites (N-methyl/N-ethyl adjacent to an activating group) is 2. The maximum atomic E-state index is 11.6. The minimum Gasteiger partial charge on any atom is -0.748 e. The normalized spacial score (nSPS) is 11.7. The standard InChI is InChI=1S/2C16H31NO4S.Ca/c2*1-3-4-5-6-7-8-9-10-11-12-13-16(18)17(2)14-15-22(19,20)21;/h2*12-13H,3-11,14-15H2,1-2H3,(H,19,20,21);/q;;+2/p-2/b2*13-12+;. The van der Waals surface area contributed by atoms with Crippen molar-refractivity contribution >= 4 is 69.8 Å². The first-order chi connectivity index (χ1) is 20.7. The van der Waals surface area contributed by atoms with Gasteiger partial charge in [0.15, 0.2) is 0 Å². The van der Waals surface area contributed by atoms with Gasteiger partial charge in [-0.15, -0.1) is 0 Å². The molecule has 2 amide bonds. The molecular formula is C32H60CaN2O8S2. The fourth-order valence-electron chi connectivity index (χ4n) is 4.13. The number of allylic oxidation sites excluding steroid dienone is 2. The Labute approximate surface area is 305 Å². The van der Waals surface area contributed by atoms with Gasteiger partial charge >= 0.3 is 37.7 Å². The fraction of sp³-hybridized carbons (Fsp3) is 0.812. The van der Waals surface area contributed by atoms with E-state index >= 15 is 0 Å². The predicted molar refractivity (Wildman–Crippen MR) is 183 cm³/mol. The number of hydrogen-bond donors (Lipinski definition) is 0. The SMILES string of the molecule is CCCCCCCCCC/C=C/C(=O)N(C)CCS(=O)(=O)[O-].CCCCCCCCCC/C=C/C(=O)N(C)CCS(=O)(=O)[O-].[Ca+2]. The molecule has 0 saturated carbocycles. The van der Waals surface area contributed by atoms with Gasteiger partial charge in [0.2, 0.25) is 11.8 Å². The minimum atomic E-state index is -4.26. The first-order valence-corrected chi connectivity index (χ1v) is 19.6. The molecule has 0 aliphatic rings. The second kappa shape index (κ2) is 32.1. The van der Waals surface area contributed by atoms with Gasteiger partial charge in [0.1, 0.15) is 0 Å². The molecule has 0 unspecified atom stereocenters. The monoisotopic (exact) mass is 704 g/mol. The van der Waals surface area contributed by atoms with Gasteiger partial charge in [0, 0.05) is 27.2 Å². The van der Waals surface area contributed by atoms with Crippen LogP contribution in [0.4, 0.5) is 0 Å². The van der Waals surface area contributed by atoms with Crippen LogP contribution in [-0.4, -0.2) is 124 Å². The van der Waals surface area contributed by atoms with Crippen LogP contribution in [0.2, 0.25) is 0 Å². The molecule has 0 spiro atoms. The molecule has 0 heterocycles. The van der Waals surface area contributed by atoms with E-state index in [0.717, 1.165) is 25.7 Å². The number of amides is 2. The first-order valence-electron chi connectivity index (χ1n) is 16.4. The van der Waals surface area contributed by atoms with Crippen molar-refractivity contribution in [3.8, 4) is 0 Å². The number of rotatable bonds is 26. The molecule has 0 aromatic rings. The molecule has 260 valence electrons. The molecule has 0 atom stereocenters. The van der Waals surface area contributed by atoms with Crippen molar-refractivity contribution in [3.05, 3.63) is 24.3 Å². The summed E-state index contributed by atoms with van der Waals surface area (Å²) in [6.07, 6.45) is 28.3. The Morgan fingerprint density at radius 2 is 0.800 bits per heavy atom. The summed E-state index contributed by atoms with van der Waals surface area (Å²) in [5.74, 6) is -1.60. The molecule has 0 N–H and O–H groups in total. The van der Waals surface area contributed by atoms with Gasteiger partial charge in [-0.3, -0.25) is 9.59 Å². The maximum Gasteiger partial charge on any atom is 2.00 e. The molecule has 0 aliphatic carbocycles. The van der Waals surface area contributed by atoms with Gasteiger partial charge < -0.3 is 18.9 Å². The summed E-state index contributed by atoms with van der Waals surface area (Å²) in [5.41, 5.74) is 0. The third-order valence-electron chi connectivity index (χ3n) is 7.08. The van der Waals surface area contributed by atoms with E-state index in [4.69, 9.17) is 0 Å².